The molecule has 0 spiro atoms. The molecule has 1 amide bonds. The molecule has 2 saturated heterocycles. The van der Waals surface area contributed by atoms with Crippen molar-refractivity contribution in [3.8, 4) is 0 Å². The lowest BCUT2D eigenvalue weighted by Gasteiger charge is -2.36. The summed E-state index contributed by atoms with van der Waals surface area (Å²) in [4.78, 5) is 19.3. The van der Waals surface area contributed by atoms with Crippen molar-refractivity contribution in [2.45, 2.75) is 26.3 Å². The number of hydrogen-bond acceptors (Lipinski definition) is 3. The summed E-state index contributed by atoms with van der Waals surface area (Å²) in [6.07, 6.45) is 2.55. The number of piperidine rings is 1. The Morgan fingerprint density at radius 2 is 1.59 bits per heavy atom. The molecule has 2 fully saturated rings. The molecule has 5 heteroatoms. The lowest BCUT2D eigenvalue weighted by Crippen LogP contribution is -2.49. The van der Waals surface area contributed by atoms with Crippen LogP contribution in [0, 0.1) is 11.7 Å². The Bertz CT molecular complexity index is 822. The van der Waals surface area contributed by atoms with Gasteiger partial charge in [-0.05, 0) is 61.7 Å². The van der Waals surface area contributed by atoms with Crippen molar-refractivity contribution >= 4 is 11.6 Å². The van der Waals surface area contributed by atoms with E-state index in [0.717, 1.165) is 31.1 Å². The molecule has 0 aliphatic carbocycles. The normalized spacial score (nSPS) is 18.8. The van der Waals surface area contributed by atoms with Crippen LogP contribution in [0.3, 0.4) is 0 Å². The summed E-state index contributed by atoms with van der Waals surface area (Å²) in [5, 5.41) is 0. The van der Waals surface area contributed by atoms with Gasteiger partial charge in [-0.1, -0.05) is 31.2 Å². The third-order valence-electron chi connectivity index (χ3n) is 6.24. The lowest BCUT2D eigenvalue weighted by molar-refractivity contribution is 0.0746. The maximum absolute atomic E-state index is 14.0. The van der Waals surface area contributed by atoms with Crippen LogP contribution in [0.1, 0.15) is 35.7 Å². The van der Waals surface area contributed by atoms with E-state index in [1.54, 1.807) is 12.1 Å². The van der Waals surface area contributed by atoms with Crippen LogP contribution in [-0.4, -0.2) is 55.0 Å². The molecule has 2 aromatic rings. The second kappa shape index (κ2) is 8.95. The standard InChI is InChI=1S/C24H30FN3O/c1-19-10-12-26(13-11-19)18-20-6-8-21(9-7-20)24(29)28-16-14-27(15-17-28)23-5-3-2-4-22(23)25/h2-9,19H,10-18H2,1H3. The highest BCUT2D eigenvalue weighted by atomic mass is 19.1. The van der Waals surface area contributed by atoms with E-state index < -0.39 is 0 Å². The van der Waals surface area contributed by atoms with Crippen LogP contribution < -0.4 is 4.90 Å². The minimum absolute atomic E-state index is 0.0662. The molecule has 2 aliphatic heterocycles. The van der Waals surface area contributed by atoms with Crippen LogP contribution in [0.15, 0.2) is 48.5 Å². The molecule has 4 rings (SSSR count). The molecule has 0 aromatic heterocycles. The highest BCUT2D eigenvalue weighted by Gasteiger charge is 2.23. The minimum atomic E-state index is -0.203. The van der Waals surface area contributed by atoms with E-state index in [9.17, 15) is 9.18 Å². The third kappa shape index (κ3) is 4.78. The molecule has 2 heterocycles. The first-order chi connectivity index (χ1) is 14.1. The predicted molar refractivity (Wildman–Crippen MR) is 115 cm³/mol. The van der Waals surface area contributed by atoms with Gasteiger partial charge in [-0.3, -0.25) is 9.69 Å². The number of carbonyl (C=O) groups excluding carboxylic acids is 1. The van der Waals surface area contributed by atoms with E-state index in [0.29, 0.717) is 31.9 Å². The van der Waals surface area contributed by atoms with Crippen LogP contribution in [0.25, 0.3) is 0 Å². The first kappa shape index (κ1) is 19.9. The molecule has 2 aromatic carbocycles. The van der Waals surface area contributed by atoms with Gasteiger partial charge >= 0.3 is 0 Å². The van der Waals surface area contributed by atoms with Crippen molar-refractivity contribution in [3.63, 3.8) is 0 Å². The van der Waals surface area contributed by atoms with E-state index in [1.165, 1.54) is 24.5 Å². The molecular formula is C24H30FN3O. The molecule has 4 nitrogen and oxygen atoms in total. The van der Waals surface area contributed by atoms with Gasteiger partial charge in [0.25, 0.3) is 5.91 Å². The summed E-state index contributed by atoms with van der Waals surface area (Å²) in [5.74, 6) is 0.702. The molecule has 0 radical (unpaired) electrons. The fourth-order valence-electron chi connectivity index (χ4n) is 4.27. The van der Waals surface area contributed by atoms with Gasteiger partial charge in [-0.25, -0.2) is 4.39 Å². The smallest absolute Gasteiger partial charge is 0.253 e. The van der Waals surface area contributed by atoms with Gasteiger partial charge in [0.1, 0.15) is 5.82 Å². The Morgan fingerprint density at radius 1 is 0.931 bits per heavy atom. The maximum atomic E-state index is 14.0. The van der Waals surface area contributed by atoms with E-state index in [1.807, 2.05) is 28.0 Å². The van der Waals surface area contributed by atoms with Crippen LogP contribution in [0.4, 0.5) is 10.1 Å². The number of amides is 1. The quantitative estimate of drug-likeness (QED) is 0.782. The predicted octanol–water partition coefficient (Wildman–Crippen LogP) is 4.02. The molecule has 0 bridgehead atoms. The van der Waals surface area contributed by atoms with Gasteiger partial charge in [0.15, 0.2) is 0 Å². The van der Waals surface area contributed by atoms with Crippen molar-refractivity contribution in [1.82, 2.24) is 9.80 Å². The van der Waals surface area contributed by atoms with Crippen molar-refractivity contribution < 1.29 is 9.18 Å². The van der Waals surface area contributed by atoms with Crippen molar-refractivity contribution in [1.29, 1.82) is 0 Å². The van der Waals surface area contributed by atoms with E-state index in [2.05, 4.69) is 24.0 Å². The van der Waals surface area contributed by atoms with Crippen LogP contribution >= 0.6 is 0 Å². The number of benzene rings is 2. The van der Waals surface area contributed by atoms with Crippen LogP contribution in [0.2, 0.25) is 0 Å². The summed E-state index contributed by atoms with van der Waals surface area (Å²) < 4.78 is 14.0. The zero-order chi connectivity index (χ0) is 20.2. The Kier molecular flexibility index (Phi) is 6.14. The van der Waals surface area contributed by atoms with E-state index in [-0.39, 0.29) is 11.7 Å². The summed E-state index contributed by atoms with van der Waals surface area (Å²) >= 11 is 0. The largest absolute Gasteiger partial charge is 0.366 e. The zero-order valence-electron chi connectivity index (χ0n) is 17.2. The molecule has 2 aliphatic rings. The Hall–Kier alpha value is -2.40. The SMILES string of the molecule is CC1CCN(Cc2ccc(C(=O)N3CCN(c4ccccc4F)CC3)cc2)CC1. The summed E-state index contributed by atoms with van der Waals surface area (Å²) in [5.41, 5.74) is 2.62. The van der Waals surface area contributed by atoms with Crippen LogP contribution in [-0.2, 0) is 6.54 Å². The average Bonchev–Trinajstić information content (AvgIpc) is 2.76. The van der Waals surface area contributed by atoms with Gasteiger partial charge in [-0.2, -0.15) is 0 Å². The number of hydrogen-bond donors (Lipinski definition) is 0. The highest BCUT2D eigenvalue weighted by molar-refractivity contribution is 5.94. The zero-order valence-corrected chi connectivity index (χ0v) is 17.2. The number of nitrogens with zero attached hydrogens (tertiary/aromatic N) is 3. The topological polar surface area (TPSA) is 26.8 Å². The fourth-order valence-corrected chi connectivity index (χ4v) is 4.27. The monoisotopic (exact) mass is 395 g/mol. The first-order valence-corrected chi connectivity index (χ1v) is 10.7. The summed E-state index contributed by atoms with van der Waals surface area (Å²) in [7, 11) is 0. The molecule has 154 valence electrons. The third-order valence-corrected chi connectivity index (χ3v) is 6.24. The van der Waals surface area contributed by atoms with Gasteiger partial charge in [0, 0.05) is 38.3 Å². The van der Waals surface area contributed by atoms with Gasteiger partial charge < -0.3 is 9.80 Å². The number of carbonyl (C=O) groups is 1. The van der Waals surface area contributed by atoms with Crippen molar-refractivity contribution in [3.05, 3.63) is 65.5 Å². The van der Waals surface area contributed by atoms with Crippen LogP contribution in [0.5, 0.6) is 0 Å². The lowest BCUT2D eigenvalue weighted by atomic mass is 9.99. The first-order valence-electron chi connectivity index (χ1n) is 10.7. The molecule has 29 heavy (non-hydrogen) atoms. The minimum Gasteiger partial charge on any atom is -0.366 e. The Morgan fingerprint density at radius 3 is 2.24 bits per heavy atom. The number of rotatable bonds is 4. The maximum Gasteiger partial charge on any atom is 0.253 e. The van der Waals surface area contributed by atoms with Gasteiger partial charge in [-0.15, -0.1) is 0 Å². The number of piperazine rings is 1. The molecule has 0 atom stereocenters. The second-order valence-corrected chi connectivity index (χ2v) is 8.39. The number of halogens is 1. The fraction of sp³-hybridized carbons (Fsp3) is 0.458. The number of anilines is 1. The summed E-state index contributed by atoms with van der Waals surface area (Å²) in [6.45, 7) is 8.14. The van der Waals surface area contributed by atoms with Crippen molar-refractivity contribution in [2.75, 3.05) is 44.2 Å². The van der Waals surface area contributed by atoms with E-state index in [4.69, 9.17) is 0 Å². The highest BCUT2D eigenvalue weighted by Crippen LogP contribution is 2.21. The Labute approximate surface area is 172 Å². The second-order valence-electron chi connectivity index (χ2n) is 8.39. The molecular weight excluding hydrogens is 365 g/mol. The molecule has 0 saturated carbocycles. The molecule has 0 N–H and O–H groups in total. The van der Waals surface area contributed by atoms with Gasteiger partial charge in [0.2, 0.25) is 0 Å². The molecule has 0 unspecified atom stereocenters. The van der Waals surface area contributed by atoms with Gasteiger partial charge in [0.05, 0.1) is 5.69 Å². The average molecular weight is 396 g/mol. The number of para-hydroxylation sites is 1. The number of likely N-dealkylation sites (tertiary alicyclic amines) is 1. The Balaban J connectivity index is 1.31. The van der Waals surface area contributed by atoms with Crippen molar-refractivity contribution in [2.24, 2.45) is 5.92 Å². The summed E-state index contributed by atoms with van der Waals surface area (Å²) in [6, 6.07) is 14.9. The van der Waals surface area contributed by atoms with E-state index >= 15 is 0 Å².